The molecule has 3 aromatic carbocycles. The van der Waals surface area contributed by atoms with Gasteiger partial charge in [-0.15, -0.1) is 11.8 Å². The zero-order chi connectivity index (χ0) is 22.0. The monoisotopic (exact) mass is 431 g/mol. The number of benzene rings is 3. The molecule has 160 valence electrons. The fraction of sp³-hybridized carbons (Fsp3) is 0.296. The van der Waals surface area contributed by atoms with Crippen molar-refractivity contribution in [3.05, 3.63) is 94.5 Å². The molecule has 0 aliphatic carbocycles. The van der Waals surface area contributed by atoms with Crippen LogP contribution in [0, 0.1) is 13.8 Å². The minimum atomic E-state index is -0.324. The second-order valence-corrected chi connectivity index (χ2v) is 9.98. The highest BCUT2D eigenvalue weighted by molar-refractivity contribution is 7.98. The van der Waals surface area contributed by atoms with E-state index in [9.17, 15) is 4.79 Å². The summed E-state index contributed by atoms with van der Waals surface area (Å²) in [6.45, 7) is 8.28. The van der Waals surface area contributed by atoms with Gasteiger partial charge in [-0.1, -0.05) is 42.0 Å². The van der Waals surface area contributed by atoms with E-state index < -0.39 is 0 Å². The zero-order valence-corrected chi connectivity index (χ0v) is 19.4. The Kier molecular flexibility index (Phi) is 6.10. The van der Waals surface area contributed by atoms with E-state index in [4.69, 9.17) is 4.74 Å². The SMILES string of the molecule is Cc1ccc(SCc2ccc(C(=O)N[C@@H]3CC(C)(C)Oc4cc(C)ccc43)cc2)cc1. The maximum Gasteiger partial charge on any atom is 0.251 e. The number of thioether (sulfide) groups is 1. The summed E-state index contributed by atoms with van der Waals surface area (Å²) in [7, 11) is 0. The van der Waals surface area contributed by atoms with Crippen LogP contribution >= 0.6 is 11.8 Å². The first-order valence-electron chi connectivity index (χ1n) is 10.7. The third-order valence-electron chi connectivity index (χ3n) is 5.57. The Balaban J connectivity index is 1.42. The van der Waals surface area contributed by atoms with E-state index in [-0.39, 0.29) is 17.6 Å². The van der Waals surface area contributed by atoms with Gasteiger partial charge in [-0.25, -0.2) is 0 Å². The predicted octanol–water partition coefficient (Wildman–Crippen LogP) is 6.63. The lowest BCUT2D eigenvalue weighted by molar-refractivity contribution is 0.0619. The summed E-state index contributed by atoms with van der Waals surface area (Å²) in [6.07, 6.45) is 0.736. The molecule has 3 aromatic rings. The van der Waals surface area contributed by atoms with Crippen molar-refractivity contribution < 1.29 is 9.53 Å². The molecule has 1 N–H and O–H groups in total. The number of carbonyl (C=O) groups is 1. The van der Waals surface area contributed by atoms with Gasteiger partial charge in [0.15, 0.2) is 0 Å². The molecular weight excluding hydrogens is 402 g/mol. The van der Waals surface area contributed by atoms with Gasteiger partial charge in [-0.05, 0) is 69.2 Å². The Morgan fingerprint density at radius 3 is 2.39 bits per heavy atom. The summed E-state index contributed by atoms with van der Waals surface area (Å²) in [5.41, 5.74) is 5.03. The average Bonchev–Trinajstić information content (AvgIpc) is 2.72. The summed E-state index contributed by atoms with van der Waals surface area (Å²) in [5.74, 6) is 1.70. The summed E-state index contributed by atoms with van der Waals surface area (Å²) in [6, 6.07) is 22.6. The van der Waals surface area contributed by atoms with Crippen molar-refractivity contribution in [1.82, 2.24) is 5.32 Å². The zero-order valence-electron chi connectivity index (χ0n) is 18.6. The molecule has 1 aliphatic heterocycles. The van der Waals surface area contributed by atoms with Crippen molar-refractivity contribution in [3.8, 4) is 5.75 Å². The topological polar surface area (TPSA) is 38.3 Å². The Morgan fingerprint density at radius 2 is 1.68 bits per heavy atom. The molecule has 0 spiro atoms. The summed E-state index contributed by atoms with van der Waals surface area (Å²) in [5, 5.41) is 3.22. The number of fused-ring (bicyclic) bond motifs is 1. The van der Waals surface area contributed by atoms with Crippen LogP contribution < -0.4 is 10.1 Å². The molecule has 4 heteroatoms. The maximum absolute atomic E-state index is 13.0. The largest absolute Gasteiger partial charge is 0.487 e. The molecule has 1 heterocycles. The first-order chi connectivity index (χ1) is 14.8. The predicted molar refractivity (Wildman–Crippen MR) is 128 cm³/mol. The lowest BCUT2D eigenvalue weighted by atomic mass is 9.89. The van der Waals surface area contributed by atoms with E-state index in [0.29, 0.717) is 5.56 Å². The van der Waals surface area contributed by atoms with Crippen LogP contribution in [0.5, 0.6) is 5.75 Å². The number of rotatable bonds is 5. The highest BCUT2D eigenvalue weighted by Gasteiger charge is 2.34. The van der Waals surface area contributed by atoms with E-state index in [1.807, 2.05) is 24.3 Å². The molecule has 0 unspecified atom stereocenters. The molecular formula is C27H29NO2S. The third kappa shape index (κ3) is 5.31. The quantitative estimate of drug-likeness (QED) is 0.461. The summed E-state index contributed by atoms with van der Waals surface area (Å²) >= 11 is 1.80. The van der Waals surface area contributed by atoms with Gasteiger partial charge in [0.25, 0.3) is 5.91 Å². The van der Waals surface area contributed by atoms with E-state index in [2.05, 4.69) is 75.5 Å². The van der Waals surface area contributed by atoms with Crippen LogP contribution in [0.2, 0.25) is 0 Å². The molecule has 3 nitrogen and oxygen atoms in total. The lowest BCUT2D eigenvalue weighted by Gasteiger charge is -2.38. The molecule has 0 radical (unpaired) electrons. The van der Waals surface area contributed by atoms with Gasteiger partial charge in [-0.3, -0.25) is 4.79 Å². The van der Waals surface area contributed by atoms with Gasteiger partial charge >= 0.3 is 0 Å². The number of hydrogen-bond acceptors (Lipinski definition) is 3. The van der Waals surface area contributed by atoms with Crippen LogP contribution in [0.1, 0.15) is 58.9 Å². The smallest absolute Gasteiger partial charge is 0.251 e. The maximum atomic E-state index is 13.0. The first-order valence-corrected chi connectivity index (χ1v) is 11.7. The Labute approximate surface area is 189 Å². The molecule has 0 fully saturated rings. The minimum absolute atomic E-state index is 0.0491. The summed E-state index contributed by atoms with van der Waals surface area (Å²) < 4.78 is 6.15. The van der Waals surface area contributed by atoms with Gasteiger partial charge in [0.1, 0.15) is 11.4 Å². The van der Waals surface area contributed by atoms with Gasteiger partial charge in [0, 0.05) is 28.2 Å². The molecule has 1 aliphatic rings. The number of carbonyl (C=O) groups excluding carboxylic acids is 1. The Bertz CT molecular complexity index is 1070. The number of ether oxygens (including phenoxy) is 1. The fourth-order valence-corrected chi connectivity index (χ4v) is 4.74. The minimum Gasteiger partial charge on any atom is -0.487 e. The third-order valence-corrected chi connectivity index (χ3v) is 6.66. The van der Waals surface area contributed by atoms with Crippen LogP contribution in [0.15, 0.2) is 71.6 Å². The molecule has 0 aromatic heterocycles. The van der Waals surface area contributed by atoms with Gasteiger partial charge in [0.2, 0.25) is 0 Å². The molecule has 4 rings (SSSR count). The Hall–Kier alpha value is -2.72. The van der Waals surface area contributed by atoms with Gasteiger partial charge in [0.05, 0.1) is 6.04 Å². The van der Waals surface area contributed by atoms with E-state index in [1.165, 1.54) is 16.0 Å². The van der Waals surface area contributed by atoms with Crippen molar-refractivity contribution in [2.75, 3.05) is 0 Å². The van der Waals surface area contributed by atoms with Gasteiger partial charge < -0.3 is 10.1 Å². The second-order valence-electron chi connectivity index (χ2n) is 8.93. The number of amides is 1. The summed E-state index contributed by atoms with van der Waals surface area (Å²) in [4.78, 5) is 14.2. The molecule has 0 saturated heterocycles. The van der Waals surface area contributed by atoms with Crippen molar-refractivity contribution >= 4 is 17.7 Å². The number of aryl methyl sites for hydroxylation is 2. The van der Waals surface area contributed by atoms with Crippen molar-refractivity contribution in [2.45, 2.75) is 56.4 Å². The van der Waals surface area contributed by atoms with Crippen LogP contribution in [0.25, 0.3) is 0 Å². The molecule has 1 amide bonds. The molecule has 1 atom stereocenters. The molecule has 0 bridgehead atoms. The average molecular weight is 432 g/mol. The van der Waals surface area contributed by atoms with E-state index in [0.717, 1.165) is 29.1 Å². The molecule has 0 saturated carbocycles. The van der Waals surface area contributed by atoms with Crippen LogP contribution in [-0.4, -0.2) is 11.5 Å². The van der Waals surface area contributed by atoms with Crippen molar-refractivity contribution in [1.29, 1.82) is 0 Å². The highest BCUT2D eigenvalue weighted by Crippen LogP contribution is 2.40. The number of nitrogens with one attached hydrogen (secondary N) is 1. The van der Waals surface area contributed by atoms with Gasteiger partial charge in [-0.2, -0.15) is 0 Å². The van der Waals surface area contributed by atoms with E-state index in [1.54, 1.807) is 11.8 Å². The molecule has 31 heavy (non-hydrogen) atoms. The van der Waals surface area contributed by atoms with Crippen LogP contribution in [0.3, 0.4) is 0 Å². The first kappa shape index (κ1) is 21.5. The standard InChI is InChI=1S/C27H29NO2S/c1-18-5-12-22(13-6-18)31-17-20-8-10-21(11-9-20)26(29)28-24-16-27(3,4)30-25-15-19(2)7-14-23(24)25/h5-15,24H,16-17H2,1-4H3,(H,28,29)/t24-/m1/s1. The second kappa shape index (κ2) is 8.80. The van der Waals surface area contributed by atoms with Crippen molar-refractivity contribution in [3.63, 3.8) is 0 Å². The van der Waals surface area contributed by atoms with E-state index >= 15 is 0 Å². The normalized spacial score (nSPS) is 16.8. The van der Waals surface area contributed by atoms with Crippen LogP contribution in [-0.2, 0) is 5.75 Å². The fourth-order valence-electron chi connectivity index (χ4n) is 3.88. The Morgan fingerprint density at radius 1 is 1.00 bits per heavy atom. The highest BCUT2D eigenvalue weighted by atomic mass is 32.2. The lowest BCUT2D eigenvalue weighted by Crippen LogP contribution is -2.41. The van der Waals surface area contributed by atoms with Crippen LogP contribution in [0.4, 0.5) is 0 Å². The van der Waals surface area contributed by atoms with Crippen molar-refractivity contribution in [2.24, 2.45) is 0 Å². The number of hydrogen-bond donors (Lipinski definition) is 1.